The second-order valence-electron chi connectivity index (χ2n) is 19.0. The standard InChI is InChI=1S/C61H70O18/c1-7-40(5)38-74-56(64)36-46-35-49(76-57(65)44-19-23-47(24-20-44)70-31-11-13-33-72-54(62)9-3)27-29-52(46)78-59(67)42-15-17-43(18-16-42)60(68)79-53-30-28-50(37-51(53)61(69)75-39-41(6)8-2)77-58(66)45-21-25-48(26-22-45)71-32-12-14-34-73-55(63)10-4/h9-10,19-30,35,37,40-43H,3-4,7-8,11-18,31-34,36,38-39H2,1-2,5-6H3. The third kappa shape index (κ3) is 20.9. The van der Waals surface area contributed by atoms with E-state index in [0.29, 0.717) is 50.4 Å². The number of carbonyl (C=O) groups is 8. The van der Waals surface area contributed by atoms with Gasteiger partial charge in [-0.3, -0.25) is 14.4 Å². The fourth-order valence-electron chi connectivity index (χ4n) is 7.56. The quantitative estimate of drug-likeness (QED) is 0.0150. The van der Waals surface area contributed by atoms with E-state index in [-0.39, 0.29) is 116 Å². The number of carbonyl (C=O) groups excluding carboxylic acids is 8. The molecule has 0 radical (unpaired) electrons. The molecule has 0 amide bonds. The lowest BCUT2D eigenvalue weighted by molar-refractivity contribution is -0.145. The zero-order valence-corrected chi connectivity index (χ0v) is 45.3. The maximum absolute atomic E-state index is 13.7. The van der Waals surface area contributed by atoms with Crippen molar-refractivity contribution in [2.75, 3.05) is 39.6 Å². The van der Waals surface area contributed by atoms with Crippen LogP contribution in [-0.2, 0) is 49.3 Å². The molecule has 0 saturated heterocycles. The molecule has 5 rings (SSSR count). The number of hydrogen-bond donors (Lipinski definition) is 0. The second kappa shape index (κ2) is 32.5. The maximum Gasteiger partial charge on any atom is 0.343 e. The Morgan fingerprint density at radius 2 is 0.911 bits per heavy atom. The van der Waals surface area contributed by atoms with Crippen molar-refractivity contribution in [1.82, 2.24) is 0 Å². The van der Waals surface area contributed by atoms with Gasteiger partial charge >= 0.3 is 47.8 Å². The molecule has 0 bridgehead atoms. The van der Waals surface area contributed by atoms with Gasteiger partial charge in [-0.2, -0.15) is 0 Å². The predicted molar refractivity (Wildman–Crippen MR) is 288 cm³/mol. The van der Waals surface area contributed by atoms with E-state index in [1.54, 1.807) is 36.4 Å². The van der Waals surface area contributed by atoms with Gasteiger partial charge in [0.1, 0.15) is 40.1 Å². The summed E-state index contributed by atoms with van der Waals surface area (Å²) in [6.45, 7) is 16.0. The lowest BCUT2D eigenvalue weighted by Gasteiger charge is -2.26. The largest absolute Gasteiger partial charge is 0.494 e. The van der Waals surface area contributed by atoms with Crippen molar-refractivity contribution in [2.45, 2.75) is 98.3 Å². The van der Waals surface area contributed by atoms with Crippen LogP contribution in [0, 0.1) is 23.7 Å². The summed E-state index contributed by atoms with van der Waals surface area (Å²) in [6, 6.07) is 21.0. The van der Waals surface area contributed by atoms with E-state index in [9.17, 15) is 38.4 Å². The van der Waals surface area contributed by atoms with Crippen LogP contribution in [0.3, 0.4) is 0 Å². The smallest absolute Gasteiger partial charge is 0.343 e. The molecule has 1 fully saturated rings. The highest BCUT2D eigenvalue weighted by Gasteiger charge is 2.34. The van der Waals surface area contributed by atoms with E-state index in [0.717, 1.165) is 25.0 Å². The van der Waals surface area contributed by atoms with E-state index in [4.69, 9.17) is 47.4 Å². The van der Waals surface area contributed by atoms with Crippen molar-refractivity contribution in [3.8, 4) is 34.5 Å². The predicted octanol–water partition coefficient (Wildman–Crippen LogP) is 10.6. The summed E-state index contributed by atoms with van der Waals surface area (Å²) in [4.78, 5) is 103. The normalized spacial score (nSPS) is 14.4. The molecule has 79 heavy (non-hydrogen) atoms. The monoisotopic (exact) mass is 1090 g/mol. The molecule has 0 N–H and O–H groups in total. The molecule has 18 nitrogen and oxygen atoms in total. The summed E-state index contributed by atoms with van der Waals surface area (Å²) in [6.07, 6.45) is 6.95. The van der Waals surface area contributed by atoms with Crippen LogP contribution in [0.4, 0.5) is 0 Å². The van der Waals surface area contributed by atoms with E-state index in [1.807, 2.05) is 27.7 Å². The molecular formula is C61H70O18. The number of hydrogen-bond acceptors (Lipinski definition) is 18. The Kier molecular flexibility index (Phi) is 25.3. The highest BCUT2D eigenvalue weighted by Crippen LogP contribution is 2.35. The maximum atomic E-state index is 13.7. The van der Waals surface area contributed by atoms with Gasteiger partial charge in [0, 0.05) is 17.7 Å². The Morgan fingerprint density at radius 3 is 1.38 bits per heavy atom. The Balaban J connectivity index is 1.18. The van der Waals surface area contributed by atoms with E-state index < -0.39 is 59.6 Å². The molecule has 0 aromatic heterocycles. The van der Waals surface area contributed by atoms with Gasteiger partial charge < -0.3 is 47.4 Å². The van der Waals surface area contributed by atoms with E-state index >= 15 is 0 Å². The third-order valence-electron chi connectivity index (χ3n) is 12.8. The first-order chi connectivity index (χ1) is 38.1. The molecular weight excluding hydrogens is 1020 g/mol. The van der Waals surface area contributed by atoms with Crippen LogP contribution in [0.1, 0.15) is 129 Å². The van der Waals surface area contributed by atoms with E-state index in [1.165, 1.54) is 48.5 Å². The Labute approximate surface area is 460 Å². The molecule has 422 valence electrons. The molecule has 1 aliphatic rings. The summed E-state index contributed by atoms with van der Waals surface area (Å²) in [5.41, 5.74) is 0.560. The van der Waals surface area contributed by atoms with Gasteiger partial charge in [-0.05, 0) is 148 Å². The fourth-order valence-corrected chi connectivity index (χ4v) is 7.56. The first-order valence-electron chi connectivity index (χ1n) is 26.6. The fraction of sp³-hybridized carbons (Fsp3) is 0.410. The van der Waals surface area contributed by atoms with E-state index in [2.05, 4.69) is 13.2 Å². The zero-order chi connectivity index (χ0) is 57.1. The van der Waals surface area contributed by atoms with Gasteiger partial charge in [-0.25, -0.2) is 24.0 Å². The molecule has 4 aromatic rings. The number of unbranched alkanes of at least 4 members (excludes halogenated alkanes) is 2. The second-order valence-corrected chi connectivity index (χ2v) is 19.0. The zero-order valence-electron chi connectivity index (χ0n) is 45.3. The summed E-state index contributed by atoms with van der Waals surface area (Å²) < 4.78 is 55.4. The molecule has 4 aromatic carbocycles. The molecule has 2 atom stereocenters. The van der Waals surface area contributed by atoms with Crippen molar-refractivity contribution < 1.29 is 85.7 Å². The van der Waals surface area contributed by atoms with Crippen molar-refractivity contribution in [2.24, 2.45) is 23.7 Å². The highest BCUT2D eigenvalue weighted by molar-refractivity contribution is 5.96. The van der Waals surface area contributed by atoms with Crippen LogP contribution in [0.15, 0.2) is 110 Å². The number of ether oxygens (including phenoxy) is 10. The lowest BCUT2D eigenvalue weighted by atomic mass is 9.82. The molecule has 2 unspecified atom stereocenters. The van der Waals surface area contributed by atoms with Crippen molar-refractivity contribution in [3.63, 3.8) is 0 Å². The Morgan fingerprint density at radius 1 is 0.494 bits per heavy atom. The van der Waals surface area contributed by atoms with Gasteiger partial charge in [-0.15, -0.1) is 0 Å². The number of esters is 8. The minimum Gasteiger partial charge on any atom is -0.494 e. The molecule has 1 saturated carbocycles. The number of benzene rings is 4. The molecule has 18 heteroatoms. The van der Waals surface area contributed by atoms with Crippen LogP contribution in [-0.4, -0.2) is 87.4 Å². The first-order valence-corrected chi connectivity index (χ1v) is 26.6. The average Bonchev–Trinajstić information content (AvgIpc) is 3.48. The van der Waals surface area contributed by atoms with Gasteiger partial charge in [0.25, 0.3) is 0 Å². The molecule has 0 spiro atoms. The molecule has 0 aliphatic heterocycles. The number of rotatable bonds is 31. The topological polar surface area (TPSA) is 229 Å². The van der Waals surface area contributed by atoms with Crippen molar-refractivity contribution >= 4 is 47.8 Å². The summed E-state index contributed by atoms with van der Waals surface area (Å²) in [5, 5.41) is 0. The average molecular weight is 1090 g/mol. The van der Waals surface area contributed by atoms with Crippen LogP contribution in [0.2, 0.25) is 0 Å². The summed E-state index contributed by atoms with van der Waals surface area (Å²) in [7, 11) is 0. The van der Waals surface area contributed by atoms with Crippen LogP contribution in [0.25, 0.3) is 0 Å². The summed E-state index contributed by atoms with van der Waals surface area (Å²) in [5.74, 6) is -4.91. The Hall–Kier alpha value is -8.28. The van der Waals surface area contributed by atoms with Gasteiger partial charge in [0.05, 0.1) is 69.0 Å². The SMILES string of the molecule is C=CC(=O)OCCCCOc1ccc(C(=O)Oc2ccc(OC(=O)C3CCC(C(=O)Oc4ccc(OC(=O)c5ccc(OCCCCOC(=O)C=C)cc5)cc4C(=O)OCC(C)CC)CC3)c(CC(=O)OCC(C)CC)c2)cc1. The lowest BCUT2D eigenvalue weighted by Crippen LogP contribution is -2.31. The first kappa shape index (κ1) is 61.6. The van der Waals surface area contributed by atoms with Gasteiger partial charge in [-0.1, -0.05) is 53.7 Å². The summed E-state index contributed by atoms with van der Waals surface area (Å²) >= 11 is 0. The van der Waals surface area contributed by atoms with Gasteiger partial charge in [0.2, 0.25) is 0 Å². The van der Waals surface area contributed by atoms with Crippen LogP contribution >= 0.6 is 0 Å². The highest BCUT2D eigenvalue weighted by atomic mass is 16.6. The minimum atomic E-state index is -0.783. The minimum absolute atomic E-state index is 0.00283. The van der Waals surface area contributed by atoms with Gasteiger partial charge in [0.15, 0.2) is 0 Å². The molecule has 1 aliphatic carbocycles. The molecule has 0 heterocycles. The third-order valence-corrected chi connectivity index (χ3v) is 12.8. The van der Waals surface area contributed by atoms with Crippen molar-refractivity contribution in [3.05, 3.63) is 132 Å². The van der Waals surface area contributed by atoms with Crippen molar-refractivity contribution in [1.29, 1.82) is 0 Å². The van der Waals surface area contributed by atoms with Crippen LogP contribution < -0.4 is 28.4 Å². The van der Waals surface area contributed by atoms with Crippen LogP contribution in [0.5, 0.6) is 34.5 Å². The Bertz CT molecular complexity index is 2720.